The maximum atomic E-state index is 12.8. The van der Waals surface area contributed by atoms with Crippen molar-refractivity contribution in [2.75, 3.05) is 13.7 Å². The molecule has 3 rings (SSSR count). The largest absolute Gasteiger partial charge is 0.493 e. The Hall–Kier alpha value is -3.80. The summed E-state index contributed by atoms with van der Waals surface area (Å²) in [5, 5.41) is 5.92. The number of benzene rings is 3. The van der Waals surface area contributed by atoms with Crippen molar-refractivity contribution in [3.05, 3.63) is 95.6 Å². The van der Waals surface area contributed by atoms with E-state index in [1.165, 1.54) is 0 Å². The van der Waals surface area contributed by atoms with Crippen LogP contribution >= 0.6 is 0 Å². The van der Waals surface area contributed by atoms with Crippen molar-refractivity contribution >= 4 is 11.8 Å². The van der Waals surface area contributed by atoms with Crippen LogP contribution in [0, 0.1) is 0 Å². The Kier molecular flexibility index (Phi) is 10.2. The van der Waals surface area contributed by atoms with E-state index in [-0.39, 0.29) is 24.7 Å². The first-order chi connectivity index (χ1) is 17.1. The van der Waals surface area contributed by atoms with Crippen molar-refractivity contribution in [1.82, 2.24) is 10.6 Å². The lowest BCUT2D eigenvalue weighted by Gasteiger charge is -2.22. The van der Waals surface area contributed by atoms with Gasteiger partial charge in [0, 0.05) is 0 Å². The highest BCUT2D eigenvalue weighted by Gasteiger charge is 2.20. The van der Waals surface area contributed by atoms with Crippen LogP contribution in [0.5, 0.6) is 11.5 Å². The number of carbonyl (C=O) groups is 2. The summed E-state index contributed by atoms with van der Waals surface area (Å²) in [4.78, 5) is 25.7. The summed E-state index contributed by atoms with van der Waals surface area (Å²) < 4.78 is 11.4. The van der Waals surface area contributed by atoms with E-state index in [0.29, 0.717) is 23.7 Å². The fourth-order valence-electron chi connectivity index (χ4n) is 3.71. The summed E-state index contributed by atoms with van der Waals surface area (Å²) in [6.07, 6.45) is 2.89. The fourth-order valence-corrected chi connectivity index (χ4v) is 3.71. The summed E-state index contributed by atoms with van der Waals surface area (Å²) in [6.45, 7) is 2.75. The molecule has 0 aliphatic rings. The summed E-state index contributed by atoms with van der Waals surface area (Å²) in [6, 6.07) is 24.5. The Morgan fingerprint density at radius 1 is 0.771 bits per heavy atom. The van der Waals surface area contributed by atoms with Crippen LogP contribution in [0.4, 0.5) is 0 Å². The van der Waals surface area contributed by atoms with Crippen LogP contribution in [0.3, 0.4) is 0 Å². The molecule has 0 saturated carbocycles. The number of carbonyl (C=O) groups excluding carboxylic acids is 2. The van der Waals surface area contributed by atoms with Gasteiger partial charge in [0.15, 0.2) is 11.5 Å². The van der Waals surface area contributed by atoms with Crippen molar-refractivity contribution in [3.8, 4) is 11.5 Å². The zero-order valence-corrected chi connectivity index (χ0v) is 20.5. The maximum Gasteiger partial charge on any atom is 0.226 e. The third-order valence-corrected chi connectivity index (χ3v) is 5.55. The average Bonchev–Trinajstić information content (AvgIpc) is 2.87. The van der Waals surface area contributed by atoms with Crippen LogP contribution in [0.1, 0.15) is 49.0 Å². The smallest absolute Gasteiger partial charge is 0.226 e. The number of unbranched alkanes of at least 4 members (excludes halogenated alkanes) is 2. The van der Waals surface area contributed by atoms with Crippen LogP contribution in [0.2, 0.25) is 0 Å². The van der Waals surface area contributed by atoms with Gasteiger partial charge in [0.05, 0.1) is 26.6 Å². The Bertz CT molecular complexity index is 1020. The van der Waals surface area contributed by atoms with E-state index < -0.39 is 6.17 Å². The minimum atomic E-state index is -0.717. The molecule has 0 aromatic heterocycles. The molecule has 0 aliphatic heterocycles. The monoisotopic (exact) mass is 474 g/mol. The van der Waals surface area contributed by atoms with E-state index >= 15 is 0 Å². The Morgan fingerprint density at radius 2 is 1.34 bits per heavy atom. The van der Waals surface area contributed by atoms with Gasteiger partial charge in [0.2, 0.25) is 11.8 Å². The van der Waals surface area contributed by atoms with Crippen molar-refractivity contribution in [3.63, 3.8) is 0 Å². The van der Waals surface area contributed by atoms with Gasteiger partial charge in [0.25, 0.3) is 0 Å². The number of methoxy groups -OCH3 is 1. The third kappa shape index (κ3) is 8.49. The lowest BCUT2D eigenvalue weighted by Crippen LogP contribution is -2.42. The maximum absolute atomic E-state index is 12.8. The molecular formula is C29H34N2O4. The highest BCUT2D eigenvalue weighted by Crippen LogP contribution is 2.30. The van der Waals surface area contributed by atoms with Crippen molar-refractivity contribution < 1.29 is 19.1 Å². The van der Waals surface area contributed by atoms with Crippen molar-refractivity contribution in [2.45, 2.75) is 45.2 Å². The van der Waals surface area contributed by atoms with Crippen LogP contribution in [-0.4, -0.2) is 25.5 Å². The van der Waals surface area contributed by atoms with Crippen molar-refractivity contribution in [2.24, 2.45) is 0 Å². The Labute approximate surface area is 207 Å². The molecule has 0 aliphatic carbocycles. The first kappa shape index (κ1) is 25.8. The topological polar surface area (TPSA) is 76.7 Å². The molecule has 2 amide bonds. The van der Waals surface area contributed by atoms with Gasteiger partial charge in [-0.15, -0.1) is 0 Å². The van der Waals surface area contributed by atoms with Crippen LogP contribution < -0.4 is 20.1 Å². The molecule has 35 heavy (non-hydrogen) atoms. The summed E-state index contributed by atoms with van der Waals surface area (Å²) in [5.74, 6) is 0.802. The quantitative estimate of drug-likeness (QED) is 0.271. The van der Waals surface area contributed by atoms with Gasteiger partial charge in [-0.3, -0.25) is 9.59 Å². The molecule has 184 valence electrons. The van der Waals surface area contributed by atoms with E-state index in [1.807, 2.05) is 72.8 Å². The number of hydrogen-bond donors (Lipinski definition) is 2. The number of ether oxygens (including phenoxy) is 2. The molecule has 3 aromatic carbocycles. The van der Waals surface area contributed by atoms with Crippen LogP contribution in [0.15, 0.2) is 78.9 Å². The molecule has 6 nitrogen and oxygen atoms in total. The van der Waals surface area contributed by atoms with Gasteiger partial charge < -0.3 is 20.1 Å². The van der Waals surface area contributed by atoms with E-state index in [0.717, 1.165) is 30.4 Å². The lowest BCUT2D eigenvalue weighted by atomic mass is 10.1. The fraction of sp³-hybridized carbons (Fsp3) is 0.310. The first-order valence-electron chi connectivity index (χ1n) is 12.1. The van der Waals surface area contributed by atoms with E-state index in [1.54, 1.807) is 13.2 Å². The highest BCUT2D eigenvalue weighted by molar-refractivity contribution is 5.82. The minimum absolute atomic E-state index is 0.194. The SMILES string of the molecule is CCCCCOc1ccc(C(NC(=O)Cc2ccccc2)NC(=O)Cc2ccccc2)cc1OC. The van der Waals surface area contributed by atoms with Crippen molar-refractivity contribution in [1.29, 1.82) is 0 Å². The van der Waals surface area contributed by atoms with Gasteiger partial charge in [0.1, 0.15) is 6.17 Å². The normalized spacial score (nSPS) is 10.6. The summed E-state index contributed by atoms with van der Waals surface area (Å²) in [7, 11) is 1.58. The standard InChI is InChI=1S/C29H34N2O4/c1-3-4-11-18-35-25-17-16-24(21-26(25)34-2)29(30-27(32)19-22-12-7-5-8-13-22)31-28(33)20-23-14-9-6-10-15-23/h5-10,12-17,21,29H,3-4,11,18-20H2,1-2H3,(H,30,32)(H,31,33). The molecule has 0 spiro atoms. The van der Waals surface area contributed by atoms with Gasteiger partial charge in [-0.1, -0.05) is 86.5 Å². The van der Waals surface area contributed by atoms with E-state index in [9.17, 15) is 9.59 Å². The number of hydrogen-bond acceptors (Lipinski definition) is 4. The van der Waals surface area contributed by atoms with Gasteiger partial charge in [-0.05, 0) is 35.2 Å². The second-order valence-electron chi connectivity index (χ2n) is 8.36. The average molecular weight is 475 g/mol. The molecule has 2 N–H and O–H groups in total. The van der Waals surface area contributed by atoms with Crippen LogP contribution in [-0.2, 0) is 22.4 Å². The molecule has 6 heteroatoms. The molecule has 0 radical (unpaired) electrons. The van der Waals surface area contributed by atoms with E-state index in [2.05, 4.69) is 17.6 Å². The molecule has 0 heterocycles. The zero-order chi connectivity index (χ0) is 24.9. The highest BCUT2D eigenvalue weighted by atomic mass is 16.5. The Balaban J connectivity index is 1.76. The molecule has 0 unspecified atom stereocenters. The molecule has 0 atom stereocenters. The van der Waals surface area contributed by atoms with Crippen LogP contribution in [0.25, 0.3) is 0 Å². The second-order valence-corrected chi connectivity index (χ2v) is 8.36. The van der Waals surface area contributed by atoms with Gasteiger partial charge in [-0.25, -0.2) is 0 Å². The van der Waals surface area contributed by atoms with E-state index in [4.69, 9.17) is 9.47 Å². The summed E-state index contributed by atoms with van der Waals surface area (Å²) >= 11 is 0. The Morgan fingerprint density at radius 3 is 1.86 bits per heavy atom. The lowest BCUT2D eigenvalue weighted by molar-refractivity contribution is -0.123. The predicted molar refractivity (Wildman–Crippen MR) is 137 cm³/mol. The number of amides is 2. The molecule has 0 fully saturated rings. The predicted octanol–water partition coefficient (Wildman–Crippen LogP) is 4.98. The van der Waals surface area contributed by atoms with Gasteiger partial charge in [-0.2, -0.15) is 0 Å². The number of rotatable bonds is 13. The molecule has 0 saturated heterocycles. The number of nitrogens with one attached hydrogen (secondary N) is 2. The zero-order valence-electron chi connectivity index (χ0n) is 20.5. The van der Waals surface area contributed by atoms with Gasteiger partial charge >= 0.3 is 0 Å². The second kappa shape index (κ2) is 13.8. The molecular weight excluding hydrogens is 440 g/mol. The molecule has 0 bridgehead atoms. The third-order valence-electron chi connectivity index (χ3n) is 5.55. The minimum Gasteiger partial charge on any atom is -0.493 e. The first-order valence-corrected chi connectivity index (χ1v) is 12.1. The summed E-state index contributed by atoms with van der Waals surface area (Å²) in [5.41, 5.74) is 2.49. The molecule has 3 aromatic rings.